The van der Waals surface area contributed by atoms with E-state index >= 15 is 0 Å². The summed E-state index contributed by atoms with van der Waals surface area (Å²) in [5.41, 5.74) is 0.836. The van der Waals surface area contributed by atoms with Crippen molar-refractivity contribution in [3.8, 4) is 0 Å². The number of nitro groups is 1. The molecule has 1 aromatic carbocycles. The second-order valence-corrected chi connectivity index (χ2v) is 3.04. The molecule has 0 aromatic heterocycles. The third-order valence-corrected chi connectivity index (χ3v) is 2.00. The lowest BCUT2D eigenvalue weighted by Crippen LogP contribution is -1.94. The molecule has 0 spiro atoms. The molecule has 0 aliphatic rings. The molecule has 0 aliphatic heterocycles. The monoisotopic (exact) mass is 199 g/mol. The Kier molecular flexibility index (Phi) is 3.27. The minimum Gasteiger partial charge on any atom is -0.396 e. The van der Waals surface area contributed by atoms with E-state index in [-0.39, 0.29) is 12.3 Å². The lowest BCUT2D eigenvalue weighted by atomic mass is 10.1. The molecule has 0 amide bonds. The SMILES string of the molecule is O=[N+]([O-])c1ccc(CCO)cc1S. The first kappa shape index (κ1) is 10.0. The molecule has 0 fully saturated rings. The summed E-state index contributed by atoms with van der Waals surface area (Å²) in [6, 6.07) is 4.61. The number of hydrogen-bond donors (Lipinski definition) is 2. The molecule has 13 heavy (non-hydrogen) atoms. The largest absolute Gasteiger partial charge is 0.396 e. The zero-order valence-corrected chi connectivity index (χ0v) is 7.70. The molecule has 0 unspecified atom stereocenters. The van der Waals surface area contributed by atoms with Crippen LogP contribution in [0.15, 0.2) is 23.1 Å². The highest BCUT2D eigenvalue weighted by Crippen LogP contribution is 2.23. The van der Waals surface area contributed by atoms with E-state index in [1.807, 2.05) is 0 Å². The van der Waals surface area contributed by atoms with Gasteiger partial charge in [-0.3, -0.25) is 10.1 Å². The molecule has 1 aromatic rings. The van der Waals surface area contributed by atoms with Crippen molar-refractivity contribution in [3.63, 3.8) is 0 Å². The van der Waals surface area contributed by atoms with Gasteiger partial charge in [0.05, 0.1) is 9.82 Å². The van der Waals surface area contributed by atoms with Crippen LogP contribution in [0, 0.1) is 10.1 Å². The predicted octanol–water partition coefficient (Wildman–Crippen LogP) is 1.42. The summed E-state index contributed by atoms with van der Waals surface area (Å²) in [4.78, 5) is 10.2. The van der Waals surface area contributed by atoms with Crippen molar-refractivity contribution in [3.05, 3.63) is 33.9 Å². The average molecular weight is 199 g/mol. The van der Waals surface area contributed by atoms with Crippen molar-refractivity contribution in [2.75, 3.05) is 6.61 Å². The number of benzene rings is 1. The van der Waals surface area contributed by atoms with Crippen molar-refractivity contribution in [1.82, 2.24) is 0 Å². The first-order valence-corrected chi connectivity index (χ1v) is 4.17. The third kappa shape index (κ3) is 2.43. The Balaban J connectivity index is 2.98. The Hall–Kier alpha value is -1.07. The first-order chi connectivity index (χ1) is 6.15. The Morgan fingerprint density at radius 1 is 1.54 bits per heavy atom. The van der Waals surface area contributed by atoms with Crippen LogP contribution >= 0.6 is 12.6 Å². The molecule has 1 N–H and O–H groups in total. The number of nitrogens with zero attached hydrogens (tertiary/aromatic N) is 1. The lowest BCUT2D eigenvalue weighted by molar-refractivity contribution is -0.387. The van der Waals surface area contributed by atoms with E-state index in [4.69, 9.17) is 5.11 Å². The summed E-state index contributed by atoms with van der Waals surface area (Å²) in [5.74, 6) is 0. The van der Waals surface area contributed by atoms with Crippen LogP contribution < -0.4 is 0 Å². The molecule has 70 valence electrons. The van der Waals surface area contributed by atoms with E-state index in [0.29, 0.717) is 11.3 Å². The lowest BCUT2D eigenvalue weighted by Gasteiger charge is -2.00. The normalized spacial score (nSPS) is 10.0. The van der Waals surface area contributed by atoms with Crippen molar-refractivity contribution >= 4 is 18.3 Å². The fourth-order valence-electron chi connectivity index (χ4n) is 1.01. The summed E-state index contributed by atoms with van der Waals surface area (Å²) in [6.07, 6.45) is 0.492. The van der Waals surface area contributed by atoms with Crippen LogP contribution in [0.2, 0.25) is 0 Å². The van der Waals surface area contributed by atoms with Crippen LogP contribution in [-0.4, -0.2) is 16.6 Å². The molecule has 0 bridgehead atoms. The van der Waals surface area contributed by atoms with Crippen molar-refractivity contribution in [1.29, 1.82) is 0 Å². The number of hydrogen-bond acceptors (Lipinski definition) is 4. The topological polar surface area (TPSA) is 63.4 Å². The Bertz CT molecular complexity index is 327. The summed E-state index contributed by atoms with van der Waals surface area (Å²) >= 11 is 3.98. The summed E-state index contributed by atoms with van der Waals surface area (Å²) < 4.78 is 0. The fourth-order valence-corrected chi connectivity index (χ4v) is 1.33. The molecule has 0 saturated carbocycles. The van der Waals surface area contributed by atoms with E-state index in [1.54, 1.807) is 12.1 Å². The number of nitro benzene ring substituents is 1. The summed E-state index contributed by atoms with van der Waals surface area (Å²) in [7, 11) is 0. The summed E-state index contributed by atoms with van der Waals surface area (Å²) in [5, 5.41) is 19.0. The van der Waals surface area contributed by atoms with Gasteiger partial charge in [0.15, 0.2) is 0 Å². The number of aliphatic hydroxyl groups excluding tert-OH is 1. The number of rotatable bonds is 3. The van der Waals surface area contributed by atoms with E-state index in [9.17, 15) is 10.1 Å². The van der Waals surface area contributed by atoms with Gasteiger partial charge in [0.25, 0.3) is 5.69 Å². The number of thiol groups is 1. The van der Waals surface area contributed by atoms with Crippen LogP contribution in [0.5, 0.6) is 0 Å². The zero-order chi connectivity index (χ0) is 9.84. The second kappa shape index (κ2) is 4.25. The molecular formula is C8H9NO3S. The standard InChI is InChI=1S/C8H9NO3S/c10-4-3-6-1-2-7(9(11)12)8(13)5-6/h1-2,5,10,13H,3-4H2. The van der Waals surface area contributed by atoms with Crippen molar-refractivity contribution < 1.29 is 10.0 Å². The van der Waals surface area contributed by atoms with Crippen LogP contribution in [0.3, 0.4) is 0 Å². The fraction of sp³-hybridized carbons (Fsp3) is 0.250. The van der Waals surface area contributed by atoms with Gasteiger partial charge in [-0.2, -0.15) is 0 Å². The van der Waals surface area contributed by atoms with Crippen LogP contribution in [0.25, 0.3) is 0 Å². The van der Waals surface area contributed by atoms with Gasteiger partial charge < -0.3 is 5.11 Å². The maximum atomic E-state index is 10.4. The van der Waals surface area contributed by atoms with Gasteiger partial charge in [0.2, 0.25) is 0 Å². The molecule has 0 saturated heterocycles. The van der Waals surface area contributed by atoms with Gasteiger partial charge in [-0.25, -0.2) is 0 Å². The van der Waals surface area contributed by atoms with Crippen molar-refractivity contribution in [2.45, 2.75) is 11.3 Å². The van der Waals surface area contributed by atoms with Crippen LogP contribution in [0.1, 0.15) is 5.56 Å². The molecule has 0 radical (unpaired) electrons. The minimum absolute atomic E-state index is 0.00924. The number of aliphatic hydroxyl groups is 1. The van der Waals surface area contributed by atoms with E-state index in [1.165, 1.54) is 6.07 Å². The van der Waals surface area contributed by atoms with Gasteiger partial charge in [0, 0.05) is 12.7 Å². The summed E-state index contributed by atoms with van der Waals surface area (Å²) in [6.45, 7) is 0.0328. The highest BCUT2D eigenvalue weighted by Gasteiger charge is 2.10. The Morgan fingerprint density at radius 3 is 2.69 bits per heavy atom. The van der Waals surface area contributed by atoms with Gasteiger partial charge in [0.1, 0.15) is 0 Å². The van der Waals surface area contributed by atoms with Gasteiger partial charge in [-0.15, -0.1) is 12.6 Å². The van der Waals surface area contributed by atoms with Gasteiger partial charge >= 0.3 is 0 Å². The molecule has 4 nitrogen and oxygen atoms in total. The van der Waals surface area contributed by atoms with Crippen LogP contribution in [-0.2, 0) is 6.42 Å². The van der Waals surface area contributed by atoms with Gasteiger partial charge in [-0.05, 0) is 18.1 Å². The quantitative estimate of drug-likeness (QED) is 0.439. The first-order valence-electron chi connectivity index (χ1n) is 3.72. The van der Waals surface area contributed by atoms with E-state index < -0.39 is 4.92 Å². The van der Waals surface area contributed by atoms with Gasteiger partial charge in [-0.1, -0.05) is 6.07 Å². The predicted molar refractivity (Wildman–Crippen MR) is 51.1 cm³/mol. The molecular weight excluding hydrogens is 190 g/mol. The van der Waals surface area contributed by atoms with E-state index in [2.05, 4.69) is 12.6 Å². The maximum Gasteiger partial charge on any atom is 0.282 e. The zero-order valence-electron chi connectivity index (χ0n) is 6.80. The molecule has 0 aliphatic carbocycles. The Morgan fingerprint density at radius 2 is 2.23 bits per heavy atom. The maximum absolute atomic E-state index is 10.4. The molecule has 0 heterocycles. The highest BCUT2D eigenvalue weighted by molar-refractivity contribution is 7.80. The van der Waals surface area contributed by atoms with Crippen molar-refractivity contribution in [2.24, 2.45) is 0 Å². The smallest absolute Gasteiger partial charge is 0.282 e. The minimum atomic E-state index is -0.481. The van der Waals surface area contributed by atoms with E-state index in [0.717, 1.165) is 5.56 Å². The van der Waals surface area contributed by atoms with Crippen LogP contribution in [0.4, 0.5) is 5.69 Å². The molecule has 0 atom stereocenters. The molecule has 5 heteroatoms. The third-order valence-electron chi connectivity index (χ3n) is 1.64. The average Bonchev–Trinajstić information content (AvgIpc) is 2.04. The highest BCUT2D eigenvalue weighted by atomic mass is 32.1. The molecule has 1 rings (SSSR count). The Labute approximate surface area is 80.8 Å². The second-order valence-electron chi connectivity index (χ2n) is 2.55.